The first kappa shape index (κ1) is 16.2. The van der Waals surface area contributed by atoms with Crippen molar-refractivity contribution in [3.63, 3.8) is 0 Å². The molecule has 1 aromatic rings. The van der Waals surface area contributed by atoms with Gasteiger partial charge in [0.15, 0.2) is 0 Å². The highest BCUT2D eigenvalue weighted by Gasteiger charge is 2.12. The summed E-state index contributed by atoms with van der Waals surface area (Å²) in [4.78, 5) is 0. The Balaban J connectivity index is 2.60. The van der Waals surface area contributed by atoms with E-state index in [4.69, 9.17) is 0 Å². The Morgan fingerprint density at radius 1 is 1.11 bits per heavy atom. The van der Waals surface area contributed by atoms with E-state index in [0.29, 0.717) is 5.92 Å². The van der Waals surface area contributed by atoms with Crippen LogP contribution < -0.4 is 5.32 Å². The molecule has 0 saturated carbocycles. The molecule has 0 spiro atoms. The van der Waals surface area contributed by atoms with Crippen LogP contribution in [0, 0.1) is 19.8 Å². The van der Waals surface area contributed by atoms with Crippen LogP contribution in [0.15, 0.2) is 18.2 Å². The Morgan fingerprint density at radius 3 is 2.42 bits per heavy atom. The predicted molar refractivity (Wildman–Crippen MR) is 85.9 cm³/mol. The van der Waals surface area contributed by atoms with Gasteiger partial charge in [0.25, 0.3) is 0 Å². The molecule has 0 amide bonds. The van der Waals surface area contributed by atoms with E-state index in [-0.39, 0.29) is 0 Å². The highest BCUT2D eigenvalue weighted by atomic mass is 14.9. The van der Waals surface area contributed by atoms with Gasteiger partial charge in [-0.15, -0.1) is 0 Å². The molecule has 0 fully saturated rings. The first-order chi connectivity index (χ1) is 9.04. The number of hydrogen-bond donors (Lipinski definition) is 1. The van der Waals surface area contributed by atoms with Crippen LogP contribution in [-0.2, 0) is 0 Å². The second-order valence-corrected chi connectivity index (χ2v) is 6.23. The van der Waals surface area contributed by atoms with E-state index >= 15 is 0 Å². The quantitative estimate of drug-likeness (QED) is 0.661. The van der Waals surface area contributed by atoms with E-state index in [1.165, 1.54) is 36.0 Å². The lowest BCUT2D eigenvalue weighted by atomic mass is 9.90. The number of hydrogen-bond acceptors (Lipinski definition) is 1. The lowest BCUT2D eigenvalue weighted by Gasteiger charge is -2.20. The monoisotopic (exact) mass is 261 g/mol. The molecule has 1 N–H and O–H groups in total. The third-order valence-electron chi connectivity index (χ3n) is 3.79. The minimum absolute atomic E-state index is 0.665. The number of rotatable bonds is 8. The van der Waals surface area contributed by atoms with Crippen LogP contribution in [-0.4, -0.2) is 13.1 Å². The van der Waals surface area contributed by atoms with E-state index in [2.05, 4.69) is 58.1 Å². The van der Waals surface area contributed by atoms with Crippen LogP contribution >= 0.6 is 0 Å². The molecule has 0 radical (unpaired) electrons. The molecule has 1 rings (SSSR count). The summed E-state index contributed by atoms with van der Waals surface area (Å²) in [5.74, 6) is 1.45. The number of aryl methyl sites for hydroxylation is 2. The zero-order valence-corrected chi connectivity index (χ0v) is 13.4. The van der Waals surface area contributed by atoms with E-state index in [0.717, 1.165) is 19.0 Å². The summed E-state index contributed by atoms with van der Waals surface area (Å²) in [6.45, 7) is 13.5. The fourth-order valence-electron chi connectivity index (χ4n) is 2.67. The van der Waals surface area contributed by atoms with Gasteiger partial charge in [-0.05, 0) is 56.2 Å². The first-order valence-electron chi connectivity index (χ1n) is 7.82. The van der Waals surface area contributed by atoms with Crippen molar-refractivity contribution in [3.8, 4) is 0 Å². The van der Waals surface area contributed by atoms with Crippen LogP contribution in [0.1, 0.15) is 62.6 Å². The van der Waals surface area contributed by atoms with Crippen molar-refractivity contribution in [2.75, 3.05) is 13.1 Å². The van der Waals surface area contributed by atoms with Crippen molar-refractivity contribution in [1.82, 2.24) is 5.32 Å². The summed E-state index contributed by atoms with van der Waals surface area (Å²) in [5.41, 5.74) is 4.35. The van der Waals surface area contributed by atoms with Gasteiger partial charge < -0.3 is 5.32 Å². The summed E-state index contributed by atoms with van der Waals surface area (Å²) in [7, 11) is 0. The van der Waals surface area contributed by atoms with Crippen LogP contribution in [0.4, 0.5) is 0 Å². The molecular weight excluding hydrogens is 230 g/mol. The molecule has 0 aliphatic carbocycles. The lowest BCUT2D eigenvalue weighted by molar-refractivity contribution is 0.497. The van der Waals surface area contributed by atoms with Crippen LogP contribution in [0.5, 0.6) is 0 Å². The molecule has 0 heterocycles. The van der Waals surface area contributed by atoms with Gasteiger partial charge >= 0.3 is 0 Å². The molecule has 1 nitrogen and oxygen atoms in total. The second-order valence-electron chi connectivity index (χ2n) is 6.23. The fraction of sp³-hybridized carbons (Fsp3) is 0.667. The van der Waals surface area contributed by atoms with E-state index in [1.807, 2.05) is 0 Å². The molecule has 0 aliphatic heterocycles. The Morgan fingerprint density at radius 2 is 1.84 bits per heavy atom. The van der Waals surface area contributed by atoms with Gasteiger partial charge in [-0.25, -0.2) is 0 Å². The summed E-state index contributed by atoms with van der Waals surface area (Å²) >= 11 is 0. The Kier molecular flexibility index (Phi) is 7.15. The summed E-state index contributed by atoms with van der Waals surface area (Å²) in [5, 5.41) is 3.64. The second kappa shape index (κ2) is 8.37. The maximum Gasteiger partial charge on any atom is 0.00202 e. The van der Waals surface area contributed by atoms with Gasteiger partial charge in [0.1, 0.15) is 0 Å². The number of nitrogens with one attached hydrogen (secondary N) is 1. The molecule has 0 aromatic heterocycles. The minimum atomic E-state index is 0.665. The third kappa shape index (κ3) is 5.78. The molecule has 1 heteroatoms. The van der Waals surface area contributed by atoms with Crippen LogP contribution in [0.25, 0.3) is 0 Å². The molecule has 0 saturated heterocycles. The van der Waals surface area contributed by atoms with Gasteiger partial charge in [0.05, 0.1) is 0 Å². The average Bonchev–Trinajstić information content (AvgIpc) is 2.33. The van der Waals surface area contributed by atoms with Gasteiger partial charge in [-0.1, -0.05) is 51.0 Å². The molecule has 0 bridgehead atoms. The zero-order valence-electron chi connectivity index (χ0n) is 13.4. The summed E-state index contributed by atoms with van der Waals surface area (Å²) < 4.78 is 0. The van der Waals surface area contributed by atoms with E-state index < -0.39 is 0 Å². The van der Waals surface area contributed by atoms with E-state index in [1.54, 1.807) is 0 Å². The van der Waals surface area contributed by atoms with Gasteiger partial charge in [-0.3, -0.25) is 0 Å². The highest BCUT2D eigenvalue weighted by molar-refractivity contribution is 5.33. The van der Waals surface area contributed by atoms with Crippen molar-refractivity contribution in [2.45, 2.75) is 59.8 Å². The molecule has 0 aliphatic rings. The smallest absolute Gasteiger partial charge is 0.00202 e. The van der Waals surface area contributed by atoms with Gasteiger partial charge in [0.2, 0.25) is 0 Å². The van der Waals surface area contributed by atoms with Crippen molar-refractivity contribution >= 4 is 0 Å². The normalized spacial score (nSPS) is 12.9. The predicted octanol–water partition coefficient (Wildman–Crippen LogP) is 4.82. The Bertz CT molecular complexity index is 368. The first-order valence-corrected chi connectivity index (χ1v) is 7.82. The van der Waals surface area contributed by atoms with Gasteiger partial charge in [0, 0.05) is 6.54 Å². The standard InChI is InChI=1S/C18H31N/c1-6-7-17(13-19-11-10-14(2)3)18-9-8-15(4)12-16(18)5/h8-9,12,14,17,19H,6-7,10-11,13H2,1-5H3. The largest absolute Gasteiger partial charge is 0.316 e. The third-order valence-corrected chi connectivity index (χ3v) is 3.79. The average molecular weight is 261 g/mol. The topological polar surface area (TPSA) is 12.0 Å². The van der Waals surface area contributed by atoms with Crippen molar-refractivity contribution in [2.24, 2.45) is 5.92 Å². The van der Waals surface area contributed by atoms with E-state index in [9.17, 15) is 0 Å². The molecule has 108 valence electrons. The lowest BCUT2D eigenvalue weighted by Crippen LogP contribution is -2.24. The molecule has 1 aromatic carbocycles. The highest BCUT2D eigenvalue weighted by Crippen LogP contribution is 2.24. The van der Waals surface area contributed by atoms with Gasteiger partial charge in [-0.2, -0.15) is 0 Å². The Labute approximate surface area is 119 Å². The molecule has 1 atom stereocenters. The molecule has 1 unspecified atom stereocenters. The Hall–Kier alpha value is -0.820. The fourth-order valence-corrected chi connectivity index (χ4v) is 2.67. The zero-order chi connectivity index (χ0) is 14.3. The van der Waals surface area contributed by atoms with Crippen LogP contribution in [0.2, 0.25) is 0 Å². The van der Waals surface area contributed by atoms with Crippen molar-refractivity contribution in [1.29, 1.82) is 0 Å². The SMILES string of the molecule is CCCC(CNCCC(C)C)c1ccc(C)cc1C. The van der Waals surface area contributed by atoms with Crippen molar-refractivity contribution in [3.05, 3.63) is 34.9 Å². The summed E-state index contributed by atoms with van der Waals surface area (Å²) in [6, 6.07) is 6.89. The summed E-state index contributed by atoms with van der Waals surface area (Å²) in [6.07, 6.45) is 3.80. The van der Waals surface area contributed by atoms with Crippen molar-refractivity contribution < 1.29 is 0 Å². The number of benzene rings is 1. The van der Waals surface area contributed by atoms with Crippen LogP contribution in [0.3, 0.4) is 0 Å². The molecule has 19 heavy (non-hydrogen) atoms. The maximum atomic E-state index is 3.64. The minimum Gasteiger partial charge on any atom is -0.316 e. The maximum absolute atomic E-state index is 3.64. The molecular formula is C18H31N.